The van der Waals surface area contributed by atoms with E-state index in [-0.39, 0.29) is 0 Å². The Morgan fingerprint density at radius 1 is 0.902 bits per heavy atom. The molecule has 0 amide bonds. The Hall–Kier alpha value is -2.60. The minimum absolute atomic E-state index is 0.291. The van der Waals surface area contributed by atoms with Crippen molar-refractivity contribution in [3.05, 3.63) is 100 Å². The Morgan fingerprint density at radius 3 is 2.34 bits per heavy atom. The number of aryl methyl sites for hydroxylation is 2. The lowest BCUT2D eigenvalue weighted by molar-refractivity contribution is 0.277. The van der Waals surface area contributed by atoms with E-state index in [0.29, 0.717) is 17.3 Å². The zero-order chi connectivity index (χ0) is 28.9. The predicted octanol–water partition coefficient (Wildman–Crippen LogP) is 11.4. The van der Waals surface area contributed by atoms with Gasteiger partial charge in [-0.15, -0.1) is 0 Å². The van der Waals surface area contributed by atoms with Crippen LogP contribution in [0.5, 0.6) is 0 Å². The molecule has 0 heterocycles. The Bertz CT molecular complexity index is 1390. The maximum Gasteiger partial charge on any atom is 0.00827 e. The van der Waals surface area contributed by atoms with Gasteiger partial charge in [-0.3, -0.25) is 0 Å². The van der Waals surface area contributed by atoms with Crippen LogP contribution in [0.25, 0.3) is 17.2 Å². The fraction of sp³-hybridized carbons (Fsp3) is 0.512. The molecule has 0 nitrogen and oxygen atoms in total. The third-order valence-corrected chi connectivity index (χ3v) is 10.9. The second-order valence-electron chi connectivity index (χ2n) is 15.4. The van der Waals surface area contributed by atoms with E-state index in [4.69, 9.17) is 0 Å². The molecule has 0 aromatic heterocycles. The van der Waals surface area contributed by atoms with Gasteiger partial charge in [0.15, 0.2) is 0 Å². The highest BCUT2D eigenvalue weighted by Gasteiger charge is 2.36. The van der Waals surface area contributed by atoms with Crippen molar-refractivity contribution in [1.29, 1.82) is 0 Å². The molecule has 2 saturated carbocycles. The Morgan fingerprint density at radius 2 is 1.63 bits per heavy atom. The summed E-state index contributed by atoms with van der Waals surface area (Å²) < 4.78 is 0. The van der Waals surface area contributed by atoms with Gasteiger partial charge < -0.3 is 0 Å². The predicted molar refractivity (Wildman–Crippen MR) is 178 cm³/mol. The van der Waals surface area contributed by atoms with Crippen LogP contribution in [0.4, 0.5) is 0 Å². The van der Waals surface area contributed by atoms with Gasteiger partial charge in [0, 0.05) is 5.92 Å². The van der Waals surface area contributed by atoms with E-state index >= 15 is 0 Å². The first-order valence-corrected chi connectivity index (χ1v) is 16.5. The second-order valence-corrected chi connectivity index (χ2v) is 15.4. The molecule has 4 aliphatic carbocycles. The van der Waals surface area contributed by atoms with Crippen LogP contribution < -0.4 is 0 Å². The molecule has 216 valence electrons. The maximum atomic E-state index is 4.64. The normalized spacial score (nSPS) is 27.6. The lowest BCUT2D eigenvalue weighted by Crippen LogP contribution is -2.21. The fourth-order valence-corrected chi connectivity index (χ4v) is 9.00. The molecule has 0 aliphatic heterocycles. The number of fused-ring (bicyclic) bond motifs is 2. The third kappa shape index (κ3) is 6.00. The van der Waals surface area contributed by atoms with Gasteiger partial charge in [0.1, 0.15) is 0 Å². The second kappa shape index (κ2) is 11.2. The first-order valence-electron chi connectivity index (χ1n) is 16.5. The molecule has 0 heteroatoms. The smallest absolute Gasteiger partial charge is 0.00827 e. The minimum Gasteiger partial charge on any atom is -0.0986 e. The van der Waals surface area contributed by atoms with Gasteiger partial charge in [-0.25, -0.2) is 0 Å². The van der Waals surface area contributed by atoms with Crippen LogP contribution in [0.2, 0.25) is 0 Å². The van der Waals surface area contributed by atoms with E-state index in [1.54, 1.807) is 5.56 Å². The molecule has 0 spiro atoms. The van der Waals surface area contributed by atoms with Crippen LogP contribution in [0.1, 0.15) is 100.0 Å². The van der Waals surface area contributed by atoms with Gasteiger partial charge in [0.2, 0.25) is 0 Å². The number of rotatable bonds is 6. The molecular formula is C41H52. The molecule has 0 N–H and O–H groups in total. The first kappa shape index (κ1) is 28.5. The summed E-state index contributed by atoms with van der Waals surface area (Å²) in [6.07, 6.45) is 20.4. The number of hydrogen-bond donors (Lipinski definition) is 0. The highest BCUT2D eigenvalue weighted by molar-refractivity contribution is 5.80. The van der Waals surface area contributed by atoms with Crippen LogP contribution in [-0.4, -0.2) is 0 Å². The Labute approximate surface area is 250 Å². The number of allylic oxidation sites excluding steroid dienone is 5. The molecule has 41 heavy (non-hydrogen) atoms. The molecule has 0 radical (unpaired) electrons. The molecule has 0 bridgehead atoms. The average Bonchev–Trinajstić information content (AvgIpc) is 3.52. The molecule has 4 unspecified atom stereocenters. The highest BCUT2D eigenvalue weighted by Crippen LogP contribution is 2.48. The van der Waals surface area contributed by atoms with Gasteiger partial charge >= 0.3 is 0 Å². The van der Waals surface area contributed by atoms with Gasteiger partial charge in [-0.05, 0) is 120 Å². The first-order chi connectivity index (χ1) is 19.6. The van der Waals surface area contributed by atoms with Crippen molar-refractivity contribution in [2.45, 2.75) is 98.8 Å². The van der Waals surface area contributed by atoms with E-state index in [9.17, 15) is 0 Å². The van der Waals surface area contributed by atoms with Crippen LogP contribution in [0, 0.1) is 48.9 Å². The SMILES string of the molecule is C=C1C=CC(CC(C)(C)C)C(=C)C1CC1=Cc2cccc(-c3cc(C)cc(C)c3CC3CC4CCCC[C@H]4C3)c2C1. The summed E-state index contributed by atoms with van der Waals surface area (Å²) in [5.74, 6) is 3.64. The summed E-state index contributed by atoms with van der Waals surface area (Å²) in [4.78, 5) is 0. The summed E-state index contributed by atoms with van der Waals surface area (Å²) in [7, 11) is 0. The lowest BCUT2D eigenvalue weighted by atomic mass is 9.71. The molecule has 2 fully saturated rings. The van der Waals surface area contributed by atoms with Crippen molar-refractivity contribution in [3.8, 4) is 11.1 Å². The summed E-state index contributed by atoms with van der Waals surface area (Å²) in [6.45, 7) is 20.8. The average molecular weight is 545 g/mol. The third-order valence-electron chi connectivity index (χ3n) is 10.9. The van der Waals surface area contributed by atoms with Gasteiger partial charge in [0.25, 0.3) is 0 Å². The Balaban J connectivity index is 1.24. The van der Waals surface area contributed by atoms with Crippen LogP contribution in [0.3, 0.4) is 0 Å². The summed E-state index contributed by atoms with van der Waals surface area (Å²) in [6, 6.07) is 11.9. The molecule has 6 rings (SSSR count). The lowest BCUT2D eigenvalue weighted by Gasteiger charge is -2.33. The van der Waals surface area contributed by atoms with Crippen molar-refractivity contribution in [1.82, 2.24) is 0 Å². The largest absolute Gasteiger partial charge is 0.0986 e. The minimum atomic E-state index is 0.291. The van der Waals surface area contributed by atoms with E-state index < -0.39 is 0 Å². The van der Waals surface area contributed by atoms with E-state index in [1.807, 2.05) is 0 Å². The monoisotopic (exact) mass is 544 g/mol. The van der Waals surface area contributed by atoms with Crippen LogP contribution in [-0.2, 0) is 12.8 Å². The molecular weight excluding hydrogens is 492 g/mol. The van der Waals surface area contributed by atoms with Crippen molar-refractivity contribution in [2.24, 2.45) is 35.0 Å². The zero-order valence-electron chi connectivity index (χ0n) is 26.5. The van der Waals surface area contributed by atoms with Crippen molar-refractivity contribution in [3.63, 3.8) is 0 Å². The summed E-state index contributed by atoms with van der Waals surface area (Å²) in [5, 5.41) is 0. The van der Waals surface area contributed by atoms with Gasteiger partial charge in [0.05, 0.1) is 0 Å². The standard InChI is InChI=1S/C41H52/c1-26-17-28(3)38(23-30-19-32-11-8-9-12-33(32)20-30)40(18-26)36-14-10-13-34-21-31(24-39(34)36)22-37-27(2)15-16-35(29(37)4)25-41(5,6)7/h10,13-18,21,30,32-33,35,37H,2,4,8-9,11-12,19-20,22-25H2,1,3,5-7H3/t30?,32-,33?,35?,37?/m0/s1. The van der Waals surface area contributed by atoms with Crippen molar-refractivity contribution in [2.75, 3.05) is 0 Å². The summed E-state index contributed by atoms with van der Waals surface area (Å²) in [5.41, 5.74) is 14.8. The topological polar surface area (TPSA) is 0 Å². The fourth-order valence-electron chi connectivity index (χ4n) is 9.00. The van der Waals surface area contributed by atoms with Gasteiger partial charge in [-0.1, -0.05) is 125 Å². The Kier molecular flexibility index (Phi) is 7.82. The summed E-state index contributed by atoms with van der Waals surface area (Å²) >= 11 is 0. The quantitative estimate of drug-likeness (QED) is 0.317. The van der Waals surface area contributed by atoms with Crippen LogP contribution >= 0.6 is 0 Å². The van der Waals surface area contributed by atoms with Crippen LogP contribution in [0.15, 0.2) is 72.4 Å². The van der Waals surface area contributed by atoms with E-state index in [2.05, 4.69) is 96.3 Å². The van der Waals surface area contributed by atoms with Crippen molar-refractivity contribution < 1.29 is 0 Å². The number of hydrogen-bond acceptors (Lipinski definition) is 0. The van der Waals surface area contributed by atoms with Gasteiger partial charge in [-0.2, -0.15) is 0 Å². The van der Waals surface area contributed by atoms with E-state index in [0.717, 1.165) is 37.0 Å². The molecule has 2 aromatic carbocycles. The van der Waals surface area contributed by atoms with E-state index in [1.165, 1.54) is 95.0 Å². The molecule has 5 atom stereocenters. The zero-order valence-corrected chi connectivity index (χ0v) is 26.5. The number of benzene rings is 2. The molecule has 2 aromatic rings. The molecule has 4 aliphatic rings. The highest BCUT2D eigenvalue weighted by atomic mass is 14.4. The van der Waals surface area contributed by atoms with Crippen molar-refractivity contribution >= 4 is 6.08 Å². The maximum absolute atomic E-state index is 4.64. The molecule has 0 saturated heterocycles.